The molecular formula is C15H10ClF3O3. The van der Waals surface area contributed by atoms with Crippen molar-refractivity contribution in [1.29, 1.82) is 0 Å². The van der Waals surface area contributed by atoms with Crippen LogP contribution in [-0.4, -0.2) is 13.1 Å². The summed E-state index contributed by atoms with van der Waals surface area (Å²) >= 11 is 5.92. The number of halogens is 4. The first-order valence-corrected chi connectivity index (χ1v) is 6.42. The topological polar surface area (TPSA) is 39.4 Å². The first kappa shape index (κ1) is 16.2. The van der Waals surface area contributed by atoms with Gasteiger partial charge >= 0.3 is 12.1 Å². The molecule has 0 unspecified atom stereocenters. The molecule has 0 fully saturated rings. The molecule has 1 aromatic heterocycles. The second-order valence-corrected chi connectivity index (χ2v) is 4.66. The average molecular weight is 331 g/mol. The summed E-state index contributed by atoms with van der Waals surface area (Å²) in [5.41, 5.74) is -0.704. The van der Waals surface area contributed by atoms with Crippen molar-refractivity contribution in [2.24, 2.45) is 0 Å². The molecular weight excluding hydrogens is 321 g/mol. The summed E-state index contributed by atoms with van der Waals surface area (Å²) in [5.74, 6) is -0.121. The smallest absolute Gasteiger partial charge is 0.416 e. The molecule has 0 saturated heterocycles. The summed E-state index contributed by atoms with van der Waals surface area (Å²) in [6.45, 7) is 0. The molecule has 0 atom stereocenters. The standard InChI is InChI=1S/C15H10ClF3O3/c1-21-14(20)7-4-10-3-6-13(22-10)11-8-9(15(17,18)19)2-5-12(11)16/h2-8H,1H3/b7-4+. The lowest BCUT2D eigenvalue weighted by molar-refractivity contribution is -0.137. The molecule has 1 aromatic carbocycles. The molecule has 0 aliphatic heterocycles. The summed E-state index contributed by atoms with van der Waals surface area (Å²) in [5, 5.41) is 0.130. The summed E-state index contributed by atoms with van der Waals surface area (Å²) in [6, 6.07) is 5.94. The van der Waals surface area contributed by atoms with Gasteiger partial charge in [0.25, 0.3) is 0 Å². The fraction of sp³-hybridized carbons (Fsp3) is 0.133. The van der Waals surface area contributed by atoms with E-state index in [-0.39, 0.29) is 22.1 Å². The van der Waals surface area contributed by atoms with E-state index in [1.165, 1.54) is 25.3 Å². The predicted octanol–water partition coefficient (Wildman–Crippen LogP) is 4.81. The third-order valence-electron chi connectivity index (χ3n) is 2.77. The maximum Gasteiger partial charge on any atom is 0.416 e. The average Bonchev–Trinajstić information content (AvgIpc) is 2.92. The lowest BCUT2D eigenvalue weighted by Crippen LogP contribution is -2.04. The molecule has 2 rings (SSSR count). The zero-order valence-electron chi connectivity index (χ0n) is 11.3. The van der Waals surface area contributed by atoms with Crippen molar-refractivity contribution in [3.63, 3.8) is 0 Å². The van der Waals surface area contributed by atoms with Crippen LogP contribution in [0.4, 0.5) is 13.2 Å². The Balaban J connectivity index is 2.35. The van der Waals surface area contributed by atoms with Crippen molar-refractivity contribution in [2.75, 3.05) is 7.11 Å². The fourth-order valence-corrected chi connectivity index (χ4v) is 1.91. The highest BCUT2D eigenvalue weighted by atomic mass is 35.5. The number of furan rings is 1. The highest BCUT2D eigenvalue weighted by molar-refractivity contribution is 6.33. The van der Waals surface area contributed by atoms with E-state index >= 15 is 0 Å². The normalized spacial score (nSPS) is 11.9. The van der Waals surface area contributed by atoms with E-state index in [4.69, 9.17) is 16.0 Å². The Hall–Kier alpha value is -2.21. The molecule has 0 aliphatic carbocycles. The molecule has 0 radical (unpaired) electrons. The van der Waals surface area contributed by atoms with Crippen LogP contribution in [0.1, 0.15) is 11.3 Å². The van der Waals surface area contributed by atoms with Crippen LogP contribution in [0, 0.1) is 0 Å². The van der Waals surface area contributed by atoms with Gasteiger partial charge in [-0.25, -0.2) is 4.79 Å². The molecule has 2 aromatic rings. The Bertz CT molecular complexity index is 717. The van der Waals surface area contributed by atoms with Crippen LogP contribution in [0.5, 0.6) is 0 Å². The van der Waals surface area contributed by atoms with E-state index < -0.39 is 17.7 Å². The van der Waals surface area contributed by atoms with Crippen LogP contribution in [0.3, 0.4) is 0 Å². The number of hydrogen-bond donors (Lipinski definition) is 0. The second kappa shape index (κ2) is 6.27. The third-order valence-corrected chi connectivity index (χ3v) is 3.10. The lowest BCUT2D eigenvalue weighted by Gasteiger charge is -2.09. The Morgan fingerprint density at radius 2 is 2.00 bits per heavy atom. The molecule has 1 heterocycles. The van der Waals surface area contributed by atoms with Crippen LogP contribution in [0.25, 0.3) is 17.4 Å². The number of ether oxygens (including phenoxy) is 1. The molecule has 0 spiro atoms. The van der Waals surface area contributed by atoms with E-state index in [0.717, 1.165) is 24.3 Å². The fourth-order valence-electron chi connectivity index (χ4n) is 1.70. The van der Waals surface area contributed by atoms with Crippen LogP contribution in [0.15, 0.2) is 40.8 Å². The number of alkyl halides is 3. The van der Waals surface area contributed by atoms with Crippen LogP contribution in [-0.2, 0) is 15.7 Å². The van der Waals surface area contributed by atoms with Gasteiger partial charge in [0, 0.05) is 11.6 Å². The molecule has 22 heavy (non-hydrogen) atoms. The van der Waals surface area contributed by atoms with Crippen molar-refractivity contribution in [3.8, 4) is 11.3 Å². The van der Waals surface area contributed by atoms with E-state index in [1.54, 1.807) is 0 Å². The number of methoxy groups -OCH3 is 1. The molecule has 0 N–H and O–H groups in total. The number of carbonyl (C=O) groups excluding carboxylic acids is 1. The van der Waals surface area contributed by atoms with Crippen LogP contribution in [0.2, 0.25) is 5.02 Å². The molecule has 7 heteroatoms. The van der Waals surface area contributed by atoms with Crippen molar-refractivity contribution in [2.45, 2.75) is 6.18 Å². The van der Waals surface area contributed by atoms with Gasteiger partial charge in [-0.1, -0.05) is 11.6 Å². The first-order valence-electron chi connectivity index (χ1n) is 6.04. The minimum atomic E-state index is -4.47. The van der Waals surface area contributed by atoms with Gasteiger partial charge in [0.15, 0.2) is 0 Å². The largest absolute Gasteiger partial charge is 0.466 e. The Labute approximate surface area is 128 Å². The monoisotopic (exact) mass is 330 g/mol. The van der Waals surface area contributed by atoms with Gasteiger partial charge in [0.2, 0.25) is 0 Å². The van der Waals surface area contributed by atoms with Gasteiger partial charge in [-0.15, -0.1) is 0 Å². The van der Waals surface area contributed by atoms with Crippen molar-refractivity contribution >= 4 is 23.6 Å². The van der Waals surface area contributed by atoms with Crippen LogP contribution >= 0.6 is 11.6 Å². The molecule has 0 aliphatic rings. The Morgan fingerprint density at radius 1 is 1.27 bits per heavy atom. The molecule has 116 valence electrons. The molecule has 0 saturated carbocycles. The predicted molar refractivity (Wildman–Crippen MR) is 75.2 cm³/mol. The SMILES string of the molecule is COC(=O)/C=C/c1ccc(-c2cc(C(F)(F)F)ccc2Cl)o1. The summed E-state index contributed by atoms with van der Waals surface area (Å²) in [4.78, 5) is 11.0. The number of rotatable bonds is 3. The minimum absolute atomic E-state index is 0.120. The maximum atomic E-state index is 12.7. The third kappa shape index (κ3) is 3.71. The lowest BCUT2D eigenvalue weighted by atomic mass is 10.1. The Kier molecular flexibility index (Phi) is 4.61. The van der Waals surface area contributed by atoms with Crippen molar-refractivity contribution in [3.05, 3.63) is 52.8 Å². The zero-order valence-corrected chi connectivity index (χ0v) is 12.0. The zero-order chi connectivity index (χ0) is 16.3. The van der Waals surface area contributed by atoms with Gasteiger partial charge in [0.05, 0.1) is 17.7 Å². The summed E-state index contributed by atoms with van der Waals surface area (Å²) in [6.07, 6.45) is -1.99. The second-order valence-electron chi connectivity index (χ2n) is 4.25. The minimum Gasteiger partial charge on any atom is -0.466 e. The van der Waals surface area contributed by atoms with E-state index in [2.05, 4.69) is 4.74 Å². The van der Waals surface area contributed by atoms with E-state index in [0.29, 0.717) is 0 Å². The van der Waals surface area contributed by atoms with Gasteiger partial charge in [-0.05, 0) is 36.4 Å². The number of benzene rings is 1. The molecule has 0 bridgehead atoms. The van der Waals surface area contributed by atoms with Crippen molar-refractivity contribution < 1.29 is 27.1 Å². The number of hydrogen-bond acceptors (Lipinski definition) is 3. The molecule has 0 amide bonds. The van der Waals surface area contributed by atoms with Gasteiger partial charge < -0.3 is 9.15 Å². The highest BCUT2D eigenvalue weighted by Crippen LogP contribution is 2.36. The summed E-state index contributed by atoms with van der Waals surface area (Å²) < 4.78 is 48.0. The molecule has 3 nitrogen and oxygen atoms in total. The van der Waals surface area contributed by atoms with Crippen LogP contribution < -0.4 is 0 Å². The first-order chi connectivity index (χ1) is 10.3. The highest BCUT2D eigenvalue weighted by Gasteiger charge is 2.31. The number of carbonyl (C=O) groups is 1. The Morgan fingerprint density at radius 3 is 2.64 bits per heavy atom. The number of esters is 1. The quantitative estimate of drug-likeness (QED) is 0.599. The summed E-state index contributed by atoms with van der Waals surface area (Å²) in [7, 11) is 1.22. The van der Waals surface area contributed by atoms with Gasteiger partial charge in [0.1, 0.15) is 11.5 Å². The van der Waals surface area contributed by atoms with Gasteiger partial charge in [-0.2, -0.15) is 13.2 Å². The van der Waals surface area contributed by atoms with E-state index in [9.17, 15) is 18.0 Å². The van der Waals surface area contributed by atoms with E-state index in [1.807, 2.05) is 0 Å². The van der Waals surface area contributed by atoms with Crippen molar-refractivity contribution in [1.82, 2.24) is 0 Å². The van der Waals surface area contributed by atoms with Gasteiger partial charge in [-0.3, -0.25) is 0 Å². The maximum absolute atomic E-state index is 12.7.